The van der Waals surface area contributed by atoms with Gasteiger partial charge in [-0.2, -0.15) is 0 Å². The van der Waals surface area contributed by atoms with E-state index in [4.69, 9.17) is 9.47 Å². The number of methoxy groups -OCH3 is 2. The van der Waals surface area contributed by atoms with Crippen LogP contribution in [0.4, 0.5) is 0 Å². The lowest BCUT2D eigenvalue weighted by Gasteiger charge is -2.37. The fraction of sp³-hybridized carbons (Fsp3) is 0.362. The molecule has 0 radical (unpaired) electrons. The van der Waals surface area contributed by atoms with E-state index in [-0.39, 0.29) is 34.1 Å². The van der Waals surface area contributed by atoms with Gasteiger partial charge in [-0.05, 0) is 121 Å². The van der Waals surface area contributed by atoms with E-state index in [1.165, 1.54) is 68.4 Å². The lowest BCUT2D eigenvalue weighted by molar-refractivity contribution is -0.147. The Bertz CT molecular complexity index is 2230. The monoisotopic (exact) mass is 680 g/mol. The van der Waals surface area contributed by atoms with Crippen molar-refractivity contribution < 1.29 is 19.1 Å². The van der Waals surface area contributed by atoms with E-state index in [0.29, 0.717) is 6.42 Å². The molecule has 7 rings (SSSR count). The number of carbonyl (C=O) groups is 2. The maximum absolute atomic E-state index is 11.8. The third-order valence-corrected chi connectivity index (χ3v) is 11.3. The Morgan fingerprint density at radius 2 is 1.08 bits per heavy atom. The van der Waals surface area contributed by atoms with Crippen molar-refractivity contribution in [1.82, 2.24) is 0 Å². The van der Waals surface area contributed by atoms with Gasteiger partial charge in [0.2, 0.25) is 0 Å². The fourth-order valence-electron chi connectivity index (χ4n) is 7.68. The normalized spacial score (nSPS) is 18.0. The van der Waals surface area contributed by atoms with Crippen LogP contribution in [0, 0.1) is 5.92 Å². The molecular weight excluding hydrogens is 629 g/mol. The van der Waals surface area contributed by atoms with Crippen LogP contribution in [0.3, 0.4) is 0 Å². The maximum atomic E-state index is 11.8. The van der Waals surface area contributed by atoms with Crippen LogP contribution in [0.2, 0.25) is 0 Å². The van der Waals surface area contributed by atoms with Gasteiger partial charge < -0.3 is 9.47 Å². The van der Waals surface area contributed by atoms with Crippen LogP contribution in [0.25, 0.3) is 43.1 Å². The molecule has 51 heavy (non-hydrogen) atoms. The largest absolute Gasteiger partial charge is 0.469 e. The van der Waals surface area contributed by atoms with Crippen molar-refractivity contribution in [3.8, 4) is 0 Å². The first-order valence-electron chi connectivity index (χ1n) is 18.3. The van der Waals surface area contributed by atoms with Crippen molar-refractivity contribution >= 4 is 55.0 Å². The Hall–Kier alpha value is -4.70. The van der Waals surface area contributed by atoms with Crippen LogP contribution < -0.4 is 0 Å². The van der Waals surface area contributed by atoms with Crippen LogP contribution in [0.1, 0.15) is 90.3 Å². The van der Waals surface area contributed by atoms with E-state index in [0.717, 1.165) is 31.2 Å². The molecule has 264 valence electrons. The first-order valence-corrected chi connectivity index (χ1v) is 18.3. The Labute approximate surface area is 303 Å². The molecule has 6 aromatic rings. The predicted molar refractivity (Wildman–Crippen MR) is 213 cm³/mol. The minimum Gasteiger partial charge on any atom is -0.469 e. The van der Waals surface area contributed by atoms with Crippen molar-refractivity contribution in [2.45, 2.75) is 89.9 Å². The van der Waals surface area contributed by atoms with E-state index in [1.807, 2.05) is 0 Å². The summed E-state index contributed by atoms with van der Waals surface area (Å²) in [7, 11) is 2.93. The number of benzene rings is 6. The molecule has 0 bridgehead atoms. The van der Waals surface area contributed by atoms with Crippen molar-refractivity contribution in [3.05, 3.63) is 120 Å². The van der Waals surface area contributed by atoms with Crippen LogP contribution in [0.5, 0.6) is 0 Å². The van der Waals surface area contributed by atoms with Gasteiger partial charge >= 0.3 is 11.9 Å². The van der Waals surface area contributed by atoms with Gasteiger partial charge in [0.15, 0.2) is 0 Å². The van der Waals surface area contributed by atoms with E-state index >= 15 is 0 Å². The van der Waals surface area contributed by atoms with Crippen LogP contribution in [0.15, 0.2) is 103 Å². The second kappa shape index (κ2) is 14.1. The summed E-state index contributed by atoms with van der Waals surface area (Å²) in [5.74, 6) is -0.155. The van der Waals surface area contributed by atoms with Gasteiger partial charge in [-0.15, -0.1) is 0 Å². The molecular formula is C47H52O4. The van der Waals surface area contributed by atoms with E-state index in [1.54, 1.807) is 0 Å². The summed E-state index contributed by atoms with van der Waals surface area (Å²) in [5, 5.41) is 10.1. The highest BCUT2D eigenvalue weighted by atomic mass is 16.5. The minimum absolute atomic E-state index is 0.0490. The van der Waals surface area contributed by atoms with Crippen LogP contribution in [-0.2, 0) is 35.3 Å². The zero-order chi connectivity index (χ0) is 36.6. The van der Waals surface area contributed by atoms with E-state index < -0.39 is 0 Å². The second-order valence-corrected chi connectivity index (χ2v) is 16.5. The lowest BCUT2D eigenvalue weighted by Crippen LogP contribution is -2.32. The SMILES string of the molecule is COC(=O)C1CCC(C)(c2ccc3cc4ccccc4cc3c2)CC1.COC(=O)CC(C)(C)c1ccc2cc3cc(C(C)(C)C)ccc3cc2c1. The van der Waals surface area contributed by atoms with E-state index in [2.05, 4.69) is 145 Å². The number of fused-ring (bicyclic) bond motifs is 4. The summed E-state index contributed by atoms with van der Waals surface area (Å²) in [4.78, 5) is 23.5. The van der Waals surface area contributed by atoms with Crippen molar-refractivity contribution in [3.63, 3.8) is 0 Å². The molecule has 1 aliphatic carbocycles. The Kier molecular flexibility index (Phi) is 10.0. The maximum Gasteiger partial charge on any atom is 0.308 e. The topological polar surface area (TPSA) is 52.6 Å². The zero-order valence-electron chi connectivity index (χ0n) is 31.6. The average Bonchev–Trinajstić information content (AvgIpc) is 3.12. The quantitative estimate of drug-likeness (QED) is 0.134. The lowest BCUT2D eigenvalue weighted by atomic mass is 9.68. The average molecular weight is 681 g/mol. The molecule has 4 nitrogen and oxygen atoms in total. The third kappa shape index (κ3) is 7.81. The minimum atomic E-state index is -0.258. The van der Waals surface area contributed by atoms with Crippen molar-refractivity contribution in [2.75, 3.05) is 14.2 Å². The van der Waals surface area contributed by atoms with Gasteiger partial charge in [-0.3, -0.25) is 9.59 Å². The molecule has 1 fully saturated rings. The molecule has 1 saturated carbocycles. The summed E-state index contributed by atoms with van der Waals surface area (Å²) in [6, 6.07) is 37.7. The molecule has 4 heteroatoms. The number of hydrogen-bond acceptors (Lipinski definition) is 4. The second-order valence-electron chi connectivity index (χ2n) is 16.5. The number of esters is 2. The molecule has 0 N–H and O–H groups in total. The molecule has 0 heterocycles. The highest BCUT2D eigenvalue weighted by Crippen LogP contribution is 2.42. The highest BCUT2D eigenvalue weighted by molar-refractivity contribution is 5.99. The standard InChI is InChI=1S/C24H28O2.C23H24O2/c1-23(2,3)20-9-7-16-12-19-14-21(24(4,5)15-22(25)26-6)10-8-17(19)11-18(16)13-20;1-23(11-9-16(10-12-23)22(24)25-2)21-8-7-19-13-17-5-3-4-6-18(17)14-20(19)15-21/h7-14H,15H2,1-6H3;3-8,13-16H,9-12H2,1-2H3. The Morgan fingerprint density at radius 1 is 0.608 bits per heavy atom. The molecule has 6 aromatic carbocycles. The summed E-state index contributed by atoms with van der Waals surface area (Å²) < 4.78 is 9.78. The van der Waals surface area contributed by atoms with Gasteiger partial charge in [-0.25, -0.2) is 0 Å². The zero-order valence-corrected chi connectivity index (χ0v) is 31.6. The van der Waals surface area contributed by atoms with Gasteiger partial charge in [0.25, 0.3) is 0 Å². The number of ether oxygens (including phenoxy) is 2. The molecule has 0 aliphatic heterocycles. The molecule has 1 aliphatic rings. The Morgan fingerprint density at radius 3 is 1.61 bits per heavy atom. The molecule has 0 atom stereocenters. The highest BCUT2D eigenvalue weighted by Gasteiger charge is 2.35. The summed E-state index contributed by atoms with van der Waals surface area (Å²) in [5.41, 5.74) is 3.92. The first-order chi connectivity index (χ1) is 24.2. The fourth-order valence-corrected chi connectivity index (χ4v) is 7.68. The summed E-state index contributed by atoms with van der Waals surface area (Å²) >= 11 is 0. The van der Waals surface area contributed by atoms with Gasteiger partial charge in [-0.1, -0.05) is 120 Å². The molecule has 0 amide bonds. The Balaban J connectivity index is 0.000000176. The van der Waals surface area contributed by atoms with Crippen LogP contribution in [-0.4, -0.2) is 26.2 Å². The first kappa shape index (κ1) is 36.1. The number of hydrogen-bond donors (Lipinski definition) is 0. The smallest absolute Gasteiger partial charge is 0.308 e. The summed E-state index contributed by atoms with van der Waals surface area (Å²) in [6.45, 7) is 13.2. The van der Waals surface area contributed by atoms with Gasteiger partial charge in [0.05, 0.1) is 26.6 Å². The molecule has 0 aromatic heterocycles. The van der Waals surface area contributed by atoms with E-state index in [9.17, 15) is 9.59 Å². The van der Waals surface area contributed by atoms with Crippen molar-refractivity contribution in [1.29, 1.82) is 0 Å². The van der Waals surface area contributed by atoms with Crippen molar-refractivity contribution in [2.24, 2.45) is 5.92 Å². The van der Waals surface area contributed by atoms with Crippen LogP contribution >= 0.6 is 0 Å². The molecule has 0 spiro atoms. The number of carbonyl (C=O) groups excluding carboxylic acids is 2. The predicted octanol–water partition coefficient (Wildman–Crippen LogP) is 11.7. The molecule has 0 saturated heterocycles. The van der Waals surface area contributed by atoms with Gasteiger partial charge in [0, 0.05) is 5.41 Å². The number of rotatable bonds is 5. The summed E-state index contributed by atoms with van der Waals surface area (Å²) in [6.07, 6.45) is 4.27. The third-order valence-electron chi connectivity index (χ3n) is 11.3. The molecule has 0 unspecified atom stereocenters. The van der Waals surface area contributed by atoms with Gasteiger partial charge in [0.1, 0.15) is 0 Å².